The number of carbonyl (C=O) groups excluding carboxylic acids is 1. The van der Waals surface area contributed by atoms with Gasteiger partial charge in [-0.25, -0.2) is 4.79 Å². The first-order valence-electron chi connectivity index (χ1n) is 8.08. The second kappa shape index (κ2) is 8.53. The molecule has 6 nitrogen and oxygen atoms in total. The minimum Gasteiger partial charge on any atom is -0.481 e. The number of carboxylic acid groups (broad SMARTS) is 1. The average molecular weight is 319 g/mol. The number of aryl methyl sites for hydroxylation is 1. The summed E-state index contributed by atoms with van der Waals surface area (Å²) in [6.45, 7) is 4.99. The number of carboxylic acids is 1. The van der Waals surface area contributed by atoms with E-state index in [1.54, 1.807) is 0 Å². The summed E-state index contributed by atoms with van der Waals surface area (Å²) in [6, 6.07) is 7.47. The van der Waals surface area contributed by atoms with E-state index < -0.39 is 5.97 Å². The summed E-state index contributed by atoms with van der Waals surface area (Å²) in [5.41, 5.74) is 1.93. The lowest BCUT2D eigenvalue weighted by Crippen LogP contribution is -2.42. The highest BCUT2D eigenvalue weighted by Crippen LogP contribution is 2.16. The lowest BCUT2D eigenvalue weighted by molar-refractivity contribution is -0.137. The number of hydrogen-bond acceptors (Lipinski definition) is 3. The van der Waals surface area contributed by atoms with Crippen LogP contribution in [-0.4, -0.2) is 48.2 Å². The van der Waals surface area contributed by atoms with Gasteiger partial charge in [-0.2, -0.15) is 0 Å². The Bertz CT molecular complexity index is 530. The first-order chi connectivity index (χ1) is 11.0. The van der Waals surface area contributed by atoms with Gasteiger partial charge in [0, 0.05) is 25.3 Å². The zero-order valence-electron chi connectivity index (χ0n) is 13.5. The quantitative estimate of drug-likeness (QED) is 0.751. The molecule has 3 N–H and O–H groups in total. The van der Waals surface area contributed by atoms with E-state index in [0.29, 0.717) is 19.0 Å². The molecule has 6 heteroatoms. The molecule has 1 aliphatic heterocycles. The molecule has 0 bridgehead atoms. The summed E-state index contributed by atoms with van der Waals surface area (Å²) in [5, 5.41) is 14.5. The second-order valence-corrected chi connectivity index (χ2v) is 6.15. The Morgan fingerprint density at radius 2 is 2.04 bits per heavy atom. The molecule has 23 heavy (non-hydrogen) atoms. The van der Waals surface area contributed by atoms with Crippen LogP contribution in [0.3, 0.4) is 0 Å². The van der Waals surface area contributed by atoms with E-state index in [4.69, 9.17) is 5.11 Å². The first-order valence-corrected chi connectivity index (χ1v) is 8.08. The predicted octanol–water partition coefficient (Wildman–Crippen LogP) is 2.30. The zero-order chi connectivity index (χ0) is 16.7. The number of amides is 2. The van der Waals surface area contributed by atoms with Crippen LogP contribution in [0.15, 0.2) is 24.3 Å². The number of anilines is 1. The summed E-state index contributed by atoms with van der Waals surface area (Å²) in [7, 11) is 0. The predicted molar refractivity (Wildman–Crippen MR) is 89.6 cm³/mol. The molecule has 0 aromatic heterocycles. The molecule has 0 aliphatic carbocycles. The highest BCUT2D eigenvalue weighted by molar-refractivity contribution is 5.89. The second-order valence-electron chi connectivity index (χ2n) is 6.15. The normalized spacial score (nSPS) is 18.4. The van der Waals surface area contributed by atoms with Crippen LogP contribution in [0, 0.1) is 12.8 Å². The number of likely N-dealkylation sites (tertiary alicyclic amines) is 1. The smallest absolute Gasteiger partial charge is 0.319 e. The molecule has 1 fully saturated rings. The van der Waals surface area contributed by atoms with E-state index in [1.165, 1.54) is 0 Å². The summed E-state index contributed by atoms with van der Waals surface area (Å²) in [6.07, 6.45) is 2.29. The van der Waals surface area contributed by atoms with Crippen LogP contribution in [0.2, 0.25) is 0 Å². The Kier molecular flexibility index (Phi) is 6.40. The van der Waals surface area contributed by atoms with Gasteiger partial charge in [0.15, 0.2) is 0 Å². The molecule has 1 atom stereocenters. The van der Waals surface area contributed by atoms with Gasteiger partial charge < -0.3 is 20.6 Å². The standard InChI is InChI=1S/C17H25N3O3/c1-13-4-6-15(7-5-13)19-17(23)18-11-14-3-2-9-20(12-14)10-8-16(21)22/h4-7,14H,2-3,8-12H2,1H3,(H,21,22)(H2,18,19,23). The molecule has 126 valence electrons. The molecular formula is C17H25N3O3. The van der Waals surface area contributed by atoms with Gasteiger partial charge >= 0.3 is 12.0 Å². The minimum absolute atomic E-state index is 0.175. The van der Waals surface area contributed by atoms with Crippen LogP contribution in [-0.2, 0) is 4.79 Å². The van der Waals surface area contributed by atoms with Gasteiger partial charge in [-0.1, -0.05) is 17.7 Å². The Morgan fingerprint density at radius 1 is 1.30 bits per heavy atom. The van der Waals surface area contributed by atoms with Crippen molar-refractivity contribution in [2.75, 3.05) is 31.5 Å². The minimum atomic E-state index is -0.761. The molecule has 1 aromatic carbocycles. The number of hydrogen-bond donors (Lipinski definition) is 3. The van der Waals surface area contributed by atoms with Crippen molar-refractivity contribution < 1.29 is 14.7 Å². The van der Waals surface area contributed by atoms with Crippen LogP contribution < -0.4 is 10.6 Å². The molecule has 2 amide bonds. The Morgan fingerprint density at radius 3 is 2.74 bits per heavy atom. The molecule has 2 rings (SSSR count). The molecular weight excluding hydrogens is 294 g/mol. The fraction of sp³-hybridized carbons (Fsp3) is 0.529. The van der Waals surface area contributed by atoms with Crippen LogP contribution in [0.4, 0.5) is 10.5 Å². The summed E-state index contributed by atoms with van der Waals surface area (Å²) in [5.74, 6) is -0.385. The lowest BCUT2D eigenvalue weighted by Gasteiger charge is -2.32. The number of urea groups is 1. The molecule has 0 saturated carbocycles. The molecule has 0 radical (unpaired) electrons. The summed E-state index contributed by atoms with van der Waals surface area (Å²) < 4.78 is 0. The van der Waals surface area contributed by atoms with E-state index in [1.807, 2.05) is 31.2 Å². The highest BCUT2D eigenvalue weighted by Gasteiger charge is 2.20. The van der Waals surface area contributed by atoms with Gasteiger partial charge in [-0.3, -0.25) is 4.79 Å². The summed E-state index contributed by atoms with van der Waals surface area (Å²) in [4.78, 5) is 24.7. The van der Waals surface area contributed by atoms with Crippen molar-refractivity contribution in [3.8, 4) is 0 Å². The van der Waals surface area contributed by atoms with E-state index in [-0.39, 0.29) is 12.5 Å². The molecule has 1 aliphatic rings. The molecule has 1 aromatic rings. The average Bonchev–Trinajstić information content (AvgIpc) is 2.54. The lowest BCUT2D eigenvalue weighted by atomic mass is 9.98. The molecule has 1 saturated heterocycles. The van der Waals surface area contributed by atoms with Gasteiger partial charge in [0.05, 0.1) is 6.42 Å². The van der Waals surface area contributed by atoms with E-state index >= 15 is 0 Å². The largest absolute Gasteiger partial charge is 0.481 e. The number of rotatable bonds is 6. The molecule has 1 unspecified atom stereocenters. The topological polar surface area (TPSA) is 81.7 Å². The monoisotopic (exact) mass is 319 g/mol. The van der Waals surface area contributed by atoms with E-state index in [0.717, 1.165) is 37.2 Å². The van der Waals surface area contributed by atoms with Gasteiger partial charge in [-0.15, -0.1) is 0 Å². The third-order valence-electron chi connectivity index (χ3n) is 4.11. The Labute approximate surface area is 136 Å². The number of nitrogens with zero attached hydrogens (tertiary/aromatic N) is 1. The van der Waals surface area contributed by atoms with Gasteiger partial charge in [0.25, 0.3) is 0 Å². The number of carbonyl (C=O) groups is 2. The summed E-state index contributed by atoms with van der Waals surface area (Å²) >= 11 is 0. The number of benzene rings is 1. The third-order valence-corrected chi connectivity index (χ3v) is 4.11. The van der Waals surface area contributed by atoms with Crippen molar-refractivity contribution in [2.45, 2.75) is 26.2 Å². The van der Waals surface area contributed by atoms with Gasteiger partial charge in [-0.05, 0) is 44.4 Å². The maximum absolute atomic E-state index is 11.9. The van der Waals surface area contributed by atoms with Crippen molar-refractivity contribution in [2.24, 2.45) is 5.92 Å². The van der Waals surface area contributed by atoms with E-state index in [9.17, 15) is 9.59 Å². The number of nitrogens with one attached hydrogen (secondary N) is 2. The van der Waals surface area contributed by atoms with Crippen molar-refractivity contribution in [3.05, 3.63) is 29.8 Å². The number of aliphatic carboxylic acids is 1. The van der Waals surface area contributed by atoms with Crippen LogP contribution in [0.5, 0.6) is 0 Å². The maximum Gasteiger partial charge on any atom is 0.319 e. The maximum atomic E-state index is 11.9. The van der Waals surface area contributed by atoms with Crippen LogP contribution in [0.25, 0.3) is 0 Å². The highest BCUT2D eigenvalue weighted by atomic mass is 16.4. The van der Waals surface area contributed by atoms with Crippen molar-refractivity contribution in [3.63, 3.8) is 0 Å². The van der Waals surface area contributed by atoms with Crippen LogP contribution in [0.1, 0.15) is 24.8 Å². The zero-order valence-corrected chi connectivity index (χ0v) is 13.5. The third kappa shape index (κ3) is 6.28. The molecule has 1 heterocycles. The SMILES string of the molecule is Cc1ccc(NC(=O)NCC2CCCN(CCC(=O)O)C2)cc1. The first kappa shape index (κ1) is 17.3. The Hall–Kier alpha value is -2.08. The van der Waals surface area contributed by atoms with Crippen molar-refractivity contribution in [1.29, 1.82) is 0 Å². The van der Waals surface area contributed by atoms with Gasteiger partial charge in [0.1, 0.15) is 0 Å². The van der Waals surface area contributed by atoms with Gasteiger partial charge in [0.2, 0.25) is 0 Å². The van der Waals surface area contributed by atoms with Crippen molar-refractivity contribution >= 4 is 17.7 Å². The Balaban J connectivity index is 1.70. The number of piperidine rings is 1. The fourth-order valence-electron chi connectivity index (χ4n) is 2.82. The van der Waals surface area contributed by atoms with E-state index in [2.05, 4.69) is 15.5 Å². The molecule has 0 spiro atoms. The van der Waals surface area contributed by atoms with Crippen LogP contribution >= 0.6 is 0 Å². The van der Waals surface area contributed by atoms with Crippen molar-refractivity contribution in [1.82, 2.24) is 10.2 Å². The fourth-order valence-corrected chi connectivity index (χ4v) is 2.82.